The topological polar surface area (TPSA) is 21.6 Å². The summed E-state index contributed by atoms with van der Waals surface area (Å²) in [6.45, 7) is 0. The molecule has 8 heavy (non-hydrogen) atoms. The summed E-state index contributed by atoms with van der Waals surface area (Å²) in [7, 11) is 1.58. The summed E-state index contributed by atoms with van der Waals surface area (Å²) in [4.78, 5) is 4.52. The van der Waals surface area contributed by atoms with E-state index in [9.17, 15) is 0 Å². The summed E-state index contributed by atoms with van der Waals surface area (Å²) >= 11 is 0. The van der Waals surface area contributed by atoms with Crippen molar-refractivity contribution in [3.63, 3.8) is 0 Å². The lowest BCUT2D eigenvalue weighted by Crippen LogP contribution is -2.11. The smallest absolute Gasteiger partial charge is 0.106 e. The van der Waals surface area contributed by atoms with Gasteiger partial charge in [0.1, 0.15) is 7.11 Å². The second-order valence-electron chi connectivity index (χ2n) is 2.13. The van der Waals surface area contributed by atoms with E-state index in [-0.39, 0.29) is 0 Å². The molecule has 0 bridgehead atoms. The first-order chi connectivity index (χ1) is 3.93. The molecule has 0 aromatic rings. The predicted octanol–water partition coefficient (Wildman–Crippen LogP) is 1.42. The minimum Gasteiger partial charge on any atom is -0.399 e. The molecule has 46 valence electrons. The van der Waals surface area contributed by atoms with E-state index in [1.54, 1.807) is 7.11 Å². The summed E-state index contributed by atoms with van der Waals surface area (Å²) in [5, 5.41) is 3.67. The van der Waals surface area contributed by atoms with Crippen LogP contribution >= 0.6 is 0 Å². The maximum absolute atomic E-state index is 4.52. The Labute approximate surface area is 49.5 Å². The Balaban J connectivity index is 2.08. The van der Waals surface area contributed by atoms with Gasteiger partial charge in [-0.25, -0.2) is 0 Å². The van der Waals surface area contributed by atoms with Gasteiger partial charge in [0.25, 0.3) is 0 Å². The van der Waals surface area contributed by atoms with E-state index in [0.29, 0.717) is 0 Å². The minimum atomic E-state index is 0.718. The molecule has 2 nitrogen and oxygen atoms in total. The molecule has 1 saturated carbocycles. The Morgan fingerprint density at radius 2 is 2.38 bits per heavy atom. The van der Waals surface area contributed by atoms with Crippen LogP contribution in [0.25, 0.3) is 0 Å². The highest BCUT2D eigenvalue weighted by atomic mass is 16.6. The van der Waals surface area contributed by atoms with Crippen molar-refractivity contribution in [1.29, 1.82) is 0 Å². The summed E-state index contributed by atoms with van der Waals surface area (Å²) in [5.41, 5.74) is 0. The SMILES string of the molecule is CON=CC1CCC1. The Kier molecular flexibility index (Phi) is 1.89. The van der Waals surface area contributed by atoms with E-state index in [2.05, 4.69) is 9.99 Å². The molecule has 1 aliphatic rings. The molecule has 0 amide bonds. The van der Waals surface area contributed by atoms with Crippen molar-refractivity contribution >= 4 is 6.21 Å². The zero-order chi connectivity index (χ0) is 5.82. The van der Waals surface area contributed by atoms with Crippen LogP contribution in [0.5, 0.6) is 0 Å². The van der Waals surface area contributed by atoms with Crippen LogP contribution in [0.4, 0.5) is 0 Å². The molecule has 0 aliphatic heterocycles. The van der Waals surface area contributed by atoms with E-state index in [1.165, 1.54) is 19.3 Å². The molecule has 2 heteroatoms. The van der Waals surface area contributed by atoms with Gasteiger partial charge in [-0.1, -0.05) is 11.6 Å². The number of hydrogen-bond donors (Lipinski definition) is 0. The van der Waals surface area contributed by atoms with Crippen LogP contribution < -0.4 is 0 Å². The fourth-order valence-corrected chi connectivity index (χ4v) is 0.736. The Hall–Kier alpha value is -0.530. The van der Waals surface area contributed by atoms with Gasteiger partial charge in [0, 0.05) is 6.21 Å². The molecule has 0 aromatic heterocycles. The molecular weight excluding hydrogens is 102 g/mol. The molecular formula is C6H11NO. The maximum Gasteiger partial charge on any atom is 0.106 e. The van der Waals surface area contributed by atoms with Crippen LogP contribution in [0.3, 0.4) is 0 Å². The second kappa shape index (κ2) is 2.70. The Morgan fingerprint density at radius 3 is 2.75 bits per heavy atom. The van der Waals surface area contributed by atoms with Crippen molar-refractivity contribution < 1.29 is 4.84 Å². The van der Waals surface area contributed by atoms with Crippen molar-refractivity contribution in [2.24, 2.45) is 11.1 Å². The highest BCUT2D eigenvalue weighted by Gasteiger charge is 2.14. The van der Waals surface area contributed by atoms with Crippen LogP contribution in [0, 0.1) is 5.92 Å². The zero-order valence-electron chi connectivity index (χ0n) is 5.13. The summed E-state index contributed by atoms with van der Waals surface area (Å²) < 4.78 is 0. The third kappa shape index (κ3) is 1.22. The fourth-order valence-electron chi connectivity index (χ4n) is 0.736. The molecule has 0 atom stereocenters. The fraction of sp³-hybridized carbons (Fsp3) is 0.833. The summed E-state index contributed by atoms with van der Waals surface area (Å²) in [5.74, 6) is 0.718. The molecule has 1 fully saturated rings. The lowest BCUT2D eigenvalue weighted by atomic mass is 9.87. The number of hydrogen-bond acceptors (Lipinski definition) is 2. The highest BCUT2D eigenvalue weighted by molar-refractivity contribution is 5.60. The number of oxime groups is 1. The standard InChI is InChI=1S/C6H11NO/c1-8-7-5-6-3-2-4-6/h5-6H,2-4H2,1H3. The Morgan fingerprint density at radius 1 is 1.62 bits per heavy atom. The maximum atomic E-state index is 4.52. The largest absolute Gasteiger partial charge is 0.399 e. The number of rotatable bonds is 2. The van der Waals surface area contributed by atoms with Gasteiger partial charge in [-0.05, 0) is 18.8 Å². The van der Waals surface area contributed by atoms with Crippen LogP contribution in [0.15, 0.2) is 5.16 Å². The van der Waals surface area contributed by atoms with Gasteiger partial charge >= 0.3 is 0 Å². The molecule has 0 aromatic carbocycles. The zero-order valence-corrected chi connectivity index (χ0v) is 5.13. The predicted molar refractivity (Wildman–Crippen MR) is 32.8 cm³/mol. The van der Waals surface area contributed by atoms with Gasteiger partial charge in [-0.3, -0.25) is 0 Å². The third-order valence-electron chi connectivity index (χ3n) is 1.53. The van der Waals surface area contributed by atoms with Gasteiger partial charge in [0.2, 0.25) is 0 Å². The molecule has 0 radical (unpaired) electrons. The lowest BCUT2D eigenvalue weighted by Gasteiger charge is -2.19. The van der Waals surface area contributed by atoms with E-state index in [4.69, 9.17) is 0 Å². The van der Waals surface area contributed by atoms with E-state index in [1.807, 2.05) is 6.21 Å². The summed E-state index contributed by atoms with van der Waals surface area (Å²) in [6.07, 6.45) is 5.85. The molecule has 1 rings (SSSR count). The average molecular weight is 113 g/mol. The third-order valence-corrected chi connectivity index (χ3v) is 1.53. The van der Waals surface area contributed by atoms with Crippen molar-refractivity contribution in [3.05, 3.63) is 0 Å². The van der Waals surface area contributed by atoms with Crippen molar-refractivity contribution in [2.75, 3.05) is 7.11 Å². The Bertz CT molecular complexity index is 86.5. The first-order valence-electron chi connectivity index (χ1n) is 3.00. The van der Waals surface area contributed by atoms with Crippen LogP contribution in [0.2, 0.25) is 0 Å². The van der Waals surface area contributed by atoms with Gasteiger partial charge in [-0.15, -0.1) is 0 Å². The molecule has 0 saturated heterocycles. The van der Waals surface area contributed by atoms with Crippen molar-refractivity contribution in [2.45, 2.75) is 19.3 Å². The quantitative estimate of drug-likeness (QED) is 0.392. The van der Waals surface area contributed by atoms with E-state index >= 15 is 0 Å². The minimum absolute atomic E-state index is 0.718. The highest BCUT2D eigenvalue weighted by Crippen LogP contribution is 2.23. The lowest BCUT2D eigenvalue weighted by molar-refractivity contribution is 0.211. The van der Waals surface area contributed by atoms with E-state index < -0.39 is 0 Å². The first kappa shape index (κ1) is 5.60. The molecule has 0 heterocycles. The van der Waals surface area contributed by atoms with Crippen molar-refractivity contribution in [3.8, 4) is 0 Å². The average Bonchev–Trinajstić information content (AvgIpc) is 1.63. The van der Waals surface area contributed by atoms with Crippen LogP contribution in [-0.4, -0.2) is 13.3 Å². The van der Waals surface area contributed by atoms with Gasteiger partial charge in [0.15, 0.2) is 0 Å². The van der Waals surface area contributed by atoms with Gasteiger partial charge in [0.05, 0.1) is 0 Å². The van der Waals surface area contributed by atoms with Crippen LogP contribution in [-0.2, 0) is 4.84 Å². The first-order valence-corrected chi connectivity index (χ1v) is 3.00. The second-order valence-corrected chi connectivity index (χ2v) is 2.13. The van der Waals surface area contributed by atoms with E-state index in [0.717, 1.165) is 5.92 Å². The summed E-state index contributed by atoms with van der Waals surface area (Å²) in [6, 6.07) is 0. The molecule has 0 unspecified atom stereocenters. The molecule has 0 N–H and O–H groups in total. The van der Waals surface area contributed by atoms with Crippen LogP contribution in [0.1, 0.15) is 19.3 Å². The monoisotopic (exact) mass is 113 g/mol. The molecule has 0 spiro atoms. The normalized spacial score (nSPS) is 21.1. The van der Waals surface area contributed by atoms with Crippen molar-refractivity contribution in [1.82, 2.24) is 0 Å². The molecule has 1 aliphatic carbocycles. The van der Waals surface area contributed by atoms with Gasteiger partial charge < -0.3 is 4.84 Å². The number of nitrogens with zero attached hydrogens (tertiary/aromatic N) is 1. The van der Waals surface area contributed by atoms with Gasteiger partial charge in [-0.2, -0.15) is 0 Å².